The Labute approximate surface area is 181 Å². The number of thioether (sulfide) groups is 1. The summed E-state index contributed by atoms with van der Waals surface area (Å²) in [5.41, 5.74) is 1.09. The molecule has 0 spiro atoms. The zero-order valence-electron chi connectivity index (χ0n) is 15.4. The number of hydrogen-bond donors (Lipinski definition) is 2. The number of nitro benzene ring substituents is 1. The van der Waals surface area contributed by atoms with Crippen molar-refractivity contribution in [2.75, 3.05) is 11.1 Å². The molecule has 0 aromatic heterocycles. The number of allylic oxidation sites excluding steroid dienone is 1. The maximum atomic E-state index is 12.3. The molecule has 0 unspecified atom stereocenters. The van der Waals surface area contributed by atoms with Gasteiger partial charge < -0.3 is 10.6 Å². The van der Waals surface area contributed by atoms with Crippen LogP contribution in [0.2, 0.25) is 5.02 Å². The zero-order valence-corrected chi connectivity index (χ0v) is 17.0. The first kappa shape index (κ1) is 21.4. The van der Waals surface area contributed by atoms with Gasteiger partial charge in [0.15, 0.2) is 0 Å². The van der Waals surface area contributed by atoms with Gasteiger partial charge in [0.25, 0.3) is 5.69 Å². The Kier molecular flexibility index (Phi) is 6.72. The van der Waals surface area contributed by atoms with Crippen LogP contribution in [0.15, 0.2) is 59.1 Å². The molecule has 2 aromatic carbocycles. The van der Waals surface area contributed by atoms with E-state index in [0.717, 1.165) is 11.8 Å². The predicted octanol–water partition coefficient (Wildman–Crippen LogP) is 3.96. The molecule has 8 nitrogen and oxygen atoms in total. The van der Waals surface area contributed by atoms with E-state index in [0.29, 0.717) is 16.3 Å². The maximum absolute atomic E-state index is 12.3. The number of carbonyl (C=O) groups is 2. The highest BCUT2D eigenvalue weighted by atomic mass is 35.5. The summed E-state index contributed by atoms with van der Waals surface area (Å²) < 4.78 is 0. The number of para-hydroxylation sites is 1. The van der Waals surface area contributed by atoms with Crippen LogP contribution < -0.4 is 10.6 Å². The van der Waals surface area contributed by atoms with Gasteiger partial charge in [0.1, 0.15) is 0 Å². The molecule has 1 aliphatic rings. The lowest BCUT2D eigenvalue weighted by atomic mass is 9.87. The van der Waals surface area contributed by atoms with Gasteiger partial charge in [0.05, 0.1) is 38.1 Å². The molecule has 10 heteroatoms. The van der Waals surface area contributed by atoms with Crippen LogP contribution in [0.3, 0.4) is 0 Å². The first-order valence-electron chi connectivity index (χ1n) is 8.74. The van der Waals surface area contributed by atoms with Crippen LogP contribution in [0.25, 0.3) is 0 Å². The van der Waals surface area contributed by atoms with E-state index in [4.69, 9.17) is 11.6 Å². The van der Waals surface area contributed by atoms with E-state index < -0.39 is 10.8 Å². The number of amides is 2. The summed E-state index contributed by atoms with van der Waals surface area (Å²) in [6.45, 7) is 0. The van der Waals surface area contributed by atoms with Crippen molar-refractivity contribution in [2.24, 2.45) is 0 Å². The lowest BCUT2D eigenvalue weighted by Crippen LogP contribution is -2.31. The van der Waals surface area contributed by atoms with Crippen LogP contribution in [-0.2, 0) is 9.59 Å². The Morgan fingerprint density at radius 2 is 2.10 bits per heavy atom. The van der Waals surface area contributed by atoms with Crippen molar-refractivity contribution in [3.63, 3.8) is 0 Å². The average molecular weight is 443 g/mol. The second-order valence-corrected chi connectivity index (χ2v) is 7.72. The molecule has 0 saturated heterocycles. The van der Waals surface area contributed by atoms with Crippen LogP contribution in [0.1, 0.15) is 17.9 Å². The van der Waals surface area contributed by atoms with Gasteiger partial charge in [-0.05, 0) is 17.7 Å². The molecule has 152 valence electrons. The molecule has 3 rings (SSSR count). The van der Waals surface area contributed by atoms with Gasteiger partial charge in [-0.2, -0.15) is 5.26 Å². The van der Waals surface area contributed by atoms with E-state index in [9.17, 15) is 25.0 Å². The number of nitro groups is 1. The fourth-order valence-corrected chi connectivity index (χ4v) is 4.02. The van der Waals surface area contributed by atoms with Crippen LogP contribution in [0.4, 0.5) is 11.4 Å². The average Bonchev–Trinajstić information content (AvgIpc) is 2.73. The fraction of sp³-hybridized carbons (Fsp3) is 0.150. The van der Waals surface area contributed by atoms with Crippen molar-refractivity contribution < 1.29 is 14.5 Å². The third-order valence-electron chi connectivity index (χ3n) is 4.33. The van der Waals surface area contributed by atoms with E-state index in [1.807, 2.05) is 0 Å². The Morgan fingerprint density at radius 1 is 1.33 bits per heavy atom. The van der Waals surface area contributed by atoms with Crippen molar-refractivity contribution in [1.29, 1.82) is 5.26 Å². The van der Waals surface area contributed by atoms with Crippen molar-refractivity contribution in [3.05, 3.63) is 79.8 Å². The minimum Gasteiger partial charge on any atom is -0.324 e. The van der Waals surface area contributed by atoms with Gasteiger partial charge in [-0.15, -0.1) is 0 Å². The highest BCUT2D eigenvalue weighted by Gasteiger charge is 2.30. The zero-order chi connectivity index (χ0) is 21.7. The number of benzene rings is 2. The van der Waals surface area contributed by atoms with Crippen LogP contribution >= 0.6 is 23.4 Å². The SMILES string of the molecule is N#CC1=C(SCC(=O)Nc2ccccc2Cl)NC(=O)C[C@H]1c1cccc([N+](=O)[O-])c1. The molecule has 1 heterocycles. The van der Waals surface area contributed by atoms with Gasteiger partial charge in [-0.3, -0.25) is 19.7 Å². The molecule has 0 fully saturated rings. The van der Waals surface area contributed by atoms with Crippen LogP contribution in [0, 0.1) is 21.4 Å². The van der Waals surface area contributed by atoms with E-state index in [1.165, 1.54) is 18.2 Å². The summed E-state index contributed by atoms with van der Waals surface area (Å²) in [5.74, 6) is -1.38. The molecule has 2 N–H and O–H groups in total. The number of nitrogens with one attached hydrogen (secondary N) is 2. The number of carbonyl (C=O) groups excluding carboxylic acids is 2. The Balaban J connectivity index is 1.80. The Hall–Kier alpha value is -3.35. The summed E-state index contributed by atoms with van der Waals surface area (Å²) in [5, 5.41) is 26.7. The van der Waals surface area contributed by atoms with E-state index in [1.54, 1.807) is 30.3 Å². The van der Waals surface area contributed by atoms with Crippen molar-refractivity contribution in [2.45, 2.75) is 12.3 Å². The molecular formula is C20H15ClN4O4S. The number of non-ortho nitro benzene ring substituents is 1. The number of nitriles is 1. The molecule has 1 aliphatic heterocycles. The molecule has 1 atom stereocenters. The van der Waals surface area contributed by atoms with Crippen LogP contribution in [-0.4, -0.2) is 22.5 Å². The molecule has 0 saturated carbocycles. The second-order valence-electron chi connectivity index (χ2n) is 6.33. The topological polar surface area (TPSA) is 125 Å². The van der Waals surface area contributed by atoms with Gasteiger partial charge in [0.2, 0.25) is 11.8 Å². The quantitative estimate of drug-likeness (QED) is 0.515. The second kappa shape index (κ2) is 9.43. The normalized spacial score (nSPS) is 15.9. The molecule has 2 amide bonds. The molecule has 0 radical (unpaired) electrons. The standard InChI is InChI=1S/C20H15ClN4O4S/c21-16-6-1-2-7-17(16)23-19(27)11-30-20-15(10-22)14(9-18(26)24-20)12-4-3-5-13(8-12)25(28)29/h1-8,14H,9,11H2,(H,23,27)(H,24,26)/t14-/m0/s1. The minimum absolute atomic E-state index is 0.0139. The number of halogens is 1. The number of nitrogens with zero attached hydrogens (tertiary/aromatic N) is 2. The summed E-state index contributed by atoms with van der Waals surface area (Å²) in [4.78, 5) is 35.0. The number of hydrogen-bond acceptors (Lipinski definition) is 6. The van der Waals surface area contributed by atoms with Gasteiger partial charge in [0, 0.05) is 24.5 Å². The first-order chi connectivity index (χ1) is 14.4. The van der Waals surface area contributed by atoms with Crippen molar-refractivity contribution in [1.82, 2.24) is 5.32 Å². The van der Waals surface area contributed by atoms with Crippen molar-refractivity contribution >= 4 is 46.6 Å². The maximum Gasteiger partial charge on any atom is 0.269 e. The lowest BCUT2D eigenvalue weighted by Gasteiger charge is -2.24. The van der Waals surface area contributed by atoms with Gasteiger partial charge in [-0.25, -0.2) is 0 Å². The minimum atomic E-state index is -0.627. The van der Waals surface area contributed by atoms with Gasteiger partial charge >= 0.3 is 0 Å². The number of rotatable bonds is 6. The van der Waals surface area contributed by atoms with E-state index in [-0.39, 0.29) is 40.3 Å². The van der Waals surface area contributed by atoms with Crippen LogP contribution in [0.5, 0.6) is 0 Å². The molecule has 2 aromatic rings. The summed E-state index contributed by atoms with van der Waals surface area (Å²) in [7, 11) is 0. The van der Waals surface area contributed by atoms with Gasteiger partial charge in [-0.1, -0.05) is 47.6 Å². The fourth-order valence-electron chi connectivity index (χ4n) is 2.96. The first-order valence-corrected chi connectivity index (χ1v) is 10.1. The Bertz CT molecular complexity index is 1100. The Morgan fingerprint density at radius 3 is 2.80 bits per heavy atom. The molecule has 30 heavy (non-hydrogen) atoms. The molecular weight excluding hydrogens is 428 g/mol. The third-order valence-corrected chi connectivity index (χ3v) is 5.68. The smallest absolute Gasteiger partial charge is 0.269 e. The third kappa shape index (κ3) is 4.97. The number of anilines is 1. The lowest BCUT2D eigenvalue weighted by molar-refractivity contribution is -0.384. The molecule has 0 bridgehead atoms. The van der Waals surface area contributed by atoms with E-state index in [2.05, 4.69) is 16.7 Å². The van der Waals surface area contributed by atoms with Crippen molar-refractivity contribution in [3.8, 4) is 6.07 Å². The van der Waals surface area contributed by atoms with E-state index >= 15 is 0 Å². The summed E-state index contributed by atoms with van der Waals surface area (Å²) >= 11 is 7.04. The highest BCUT2D eigenvalue weighted by Crippen LogP contribution is 2.37. The highest BCUT2D eigenvalue weighted by molar-refractivity contribution is 8.03. The summed E-state index contributed by atoms with van der Waals surface area (Å²) in [6.07, 6.45) is -0.0139. The monoisotopic (exact) mass is 442 g/mol. The molecule has 0 aliphatic carbocycles. The summed E-state index contributed by atoms with van der Waals surface area (Å²) in [6, 6.07) is 14.7. The largest absolute Gasteiger partial charge is 0.324 e. The predicted molar refractivity (Wildman–Crippen MR) is 114 cm³/mol.